The van der Waals surface area contributed by atoms with Gasteiger partial charge in [0.05, 0.1) is 12.8 Å². The van der Waals surface area contributed by atoms with E-state index in [1.54, 1.807) is 0 Å². The van der Waals surface area contributed by atoms with Crippen molar-refractivity contribution < 1.29 is 39.2 Å². The van der Waals surface area contributed by atoms with Crippen LogP contribution in [0.5, 0.6) is 0 Å². The molecule has 8 N–H and O–H groups in total. The molecule has 12 nitrogen and oxygen atoms in total. The van der Waals surface area contributed by atoms with Crippen molar-refractivity contribution >= 4 is 19.5 Å². The summed E-state index contributed by atoms with van der Waals surface area (Å²) in [7, 11) is -5.23. The first-order chi connectivity index (χ1) is 10.2. The van der Waals surface area contributed by atoms with Gasteiger partial charge in [0.1, 0.15) is 24.1 Å². The maximum absolute atomic E-state index is 12.2. The summed E-state index contributed by atoms with van der Waals surface area (Å²) in [5, 5.41) is 28.4. The zero-order chi connectivity index (χ0) is 16.7. The lowest BCUT2D eigenvalue weighted by Crippen LogP contribution is -2.45. The number of nitrogens with zero attached hydrogens (tertiary/aromatic N) is 2. The average molecular weight is 338 g/mol. The first kappa shape index (κ1) is 16.8. The highest BCUT2D eigenvalue weighted by atomic mass is 31.2. The number of nitrogens with two attached hydrogens (primary N) is 1. The van der Waals surface area contributed by atoms with Crippen LogP contribution in [-0.4, -0.2) is 76.8 Å². The van der Waals surface area contributed by atoms with Gasteiger partial charge < -0.3 is 40.6 Å². The molecule has 124 valence electrons. The number of nitrogens with one attached hydrogen (secondary N) is 1. The number of aromatic nitrogens is 2. The Hall–Kier alpha value is -1.53. The van der Waals surface area contributed by atoms with Gasteiger partial charge in [-0.2, -0.15) is 0 Å². The van der Waals surface area contributed by atoms with Crippen molar-refractivity contribution in [3.8, 4) is 0 Å². The van der Waals surface area contributed by atoms with Crippen LogP contribution in [0.1, 0.15) is 10.6 Å². The van der Waals surface area contributed by atoms with Gasteiger partial charge in [0, 0.05) is 0 Å². The molecule has 4 atom stereocenters. The van der Waals surface area contributed by atoms with E-state index in [0.717, 1.165) is 6.20 Å². The second kappa shape index (κ2) is 5.93. The lowest BCUT2D eigenvalue weighted by molar-refractivity contribution is -0.0644. The second-order valence-corrected chi connectivity index (χ2v) is 6.04. The van der Waals surface area contributed by atoms with E-state index < -0.39 is 50.6 Å². The molecule has 2 heterocycles. The molecular formula is C9H15N4O8P. The number of hydrogen-bond acceptors (Lipinski definition) is 8. The number of anilines is 1. The highest BCUT2D eigenvalue weighted by Gasteiger charge is 2.52. The van der Waals surface area contributed by atoms with Crippen molar-refractivity contribution in [3.63, 3.8) is 0 Å². The van der Waals surface area contributed by atoms with E-state index >= 15 is 0 Å². The molecule has 1 saturated heterocycles. The molecule has 0 spiro atoms. The maximum Gasteiger partial charge on any atom is 0.434 e. The SMILES string of the molecule is Nc1cnc(C(=O)N(C2O[C@H](CO)[C@@H](O)[C@H]2O)P(=O)(O)O)[nH]1. The number of carbonyl (C=O) groups is 1. The lowest BCUT2D eigenvalue weighted by atomic mass is 10.1. The van der Waals surface area contributed by atoms with E-state index in [-0.39, 0.29) is 10.5 Å². The van der Waals surface area contributed by atoms with Gasteiger partial charge in [-0.3, -0.25) is 4.79 Å². The van der Waals surface area contributed by atoms with Crippen molar-refractivity contribution in [3.05, 3.63) is 12.0 Å². The molecular weight excluding hydrogens is 323 g/mol. The largest absolute Gasteiger partial charge is 0.434 e. The van der Waals surface area contributed by atoms with Gasteiger partial charge in [0.15, 0.2) is 12.1 Å². The Balaban J connectivity index is 2.36. The maximum atomic E-state index is 12.2. The molecule has 1 unspecified atom stereocenters. The number of aromatic amines is 1. The van der Waals surface area contributed by atoms with Crippen LogP contribution in [0.3, 0.4) is 0 Å². The van der Waals surface area contributed by atoms with Gasteiger partial charge in [0.2, 0.25) is 0 Å². The van der Waals surface area contributed by atoms with Gasteiger partial charge in [-0.15, -0.1) is 0 Å². The average Bonchev–Trinajstić information content (AvgIpc) is 2.96. The molecule has 1 fully saturated rings. The van der Waals surface area contributed by atoms with E-state index in [4.69, 9.17) is 15.6 Å². The first-order valence-electron chi connectivity index (χ1n) is 5.99. The molecule has 1 aromatic heterocycles. The Kier molecular flexibility index (Phi) is 4.54. The predicted molar refractivity (Wildman–Crippen MR) is 69.0 cm³/mol. The first-order valence-corrected chi connectivity index (χ1v) is 7.56. The fraction of sp³-hybridized carbons (Fsp3) is 0.556. The van der Waals surface area contributed by atoms with Crippen LogP contribution in [-0.2, 0) is 9.30 Å². The topological polar surface area (TPSA) is 202 Å². The Labute approximate surface area is 123 Å². The minimum absolute atomic E-state index is 0.0184. The third-order valence-electron chi connectivity index (χ3n) is 3.05. The van der Waals surface area contributed by atoms with Gasteiger partial charge in [-0.25, -0.2) is 14.2 Å². The van der Waals surface area contributed by atoms with E-state index in [1.165, 1.54) is 0 Å². The van der Waals surface area contributed by atoms with Crippen molar-refractivity contribution in [1.29, 1.82) is 0 Å². The molecule has 0 aliphatic carbocycles. The van der Waals surface area contributed by atoms with Crippen LogP contribution in [0, 0.1) is 0 Å². The fourth-order valence-electron chi connectivity index (χ4n) is 2.02. The zero-order valence-electron chi connectivity index (χ0n) is 11.0. The number of H-pyrrole nitrogens is 1. The number of nitrogen functional groups attached to an aromatic ring is 1. The van der Waals surface area contributed by atoms with E-state index in [9.17, 15) is 29.4 Å². The summed E-state index contributed by atoms with van der Waals surface area (Å²) in [6, 6.07) is 0. The Morgan fingerprint density at radius 3 is 2.50 bits per heavy atom. The summed E-state index contributed by atoms with van der Waals surface area (Å²) >= 11 is 0. The molecule has 13 heteroatoms. The van der Waals surface area contributed by atoms with Gasteiger partial charge in [0.25, 0.3) is 0 Å². The van der Waals surface area contributed by atoms with Crippen molar-refractivity contribution in [1.82, 2.24) is 14.6 Å². The molecule has 22 heavy (non-hydrogen) atoms. The van der Waals surface area contributed by atoms with Crippen LogP contribution in [0.4, 0.5) is 5.82 Å². The molecule has 1 aliphatic heterocycles. The van der Waals surface area contributed by atoms with Crippen LogP contribution < -0.4 is 5.73 Å². The predicted octanol–water partition coefficient (Wildman–Crippen LogP) is -3.03. The lowest BCUT2D eigenvalue weighted by Gasteiger charge is -2.29. The summed E-state index contributed by atoms with van der Waals surface area (Å²) in [6.45, 7) is -0.717. The number of rotatable bonds is 4. The Bertz CT molecular complexity index is 602. The normalized spacial score (nSPS) is 28.8. The van der Waals surface area contributed by atoms with Crippen molar-refractivity contribution in [2.24, 2.45) is 0 Å². The summed E-state index contributed by atoms with van der Waals surface area (Å²) in [5.74, 6) is -1.80. The van der Waals surface area contributed by atoms with Crippen LogP contribution in [0.2, 0.25) is 0 Å². The van der Waals surface area contributed by atoms with Gasteiger partial charge >= 0.3 is 13.7 Å². The number of aliphatic hydroxyl groups is 3. The van der Waals surface area contributed by atoms with Gasteiger partial charge in [-0.05, 0) is 0 Å². The molecule has 2 rings (SSSR count). The third-order valence-corrected chi connectivity index (χ3v) is 4.02. The van der Waals surface area contributed by atoms with Crippen LogP contribution in [0.25, 0.3) is 0 Å². The number of carbonyl (C=O) groups excluding carboxylic acids is 1. The number of aliphatic hydroxyl groups excluding tert-OH is 3. The number of hydrogen-bond donors (Lipinski definition) is 7. The van der Waals surface area contributed by atoms with Gasteiger partial charge in [-0.1, -0.05) is 0 Å². The Morgan fingerprint density at radius 1 is 1.45 bits per heavy atom. The highest BCUT2D eigenvalue weighted by molar-refractivity contribution is 7.50. The summed E-state index contributed by atoms with van der Waals surface area (Å²) in [5.41, 5.74) is 5.34. The Morgan fingerprint density at radius 2 is 2.09 bits per heavy atom. The van der Waals surface area contributed by atoms with Crippen molar-refractivity contribution in [2.45, 2.75) is 24.5 Å². The number of amides is 1. The van der Waals surface area contributed by atoms with E-state index in [2.05, 4.69) is 9.97 Å². The number of imidazole rings is 1. The zero-order valence-corrected chi connectivity index (χ0v) is 11.9. The smallest absolute Gasteiger partial charge is 0.394 e. The highest BCUT2D eigenvalue weighted by Crippen LogP contribution is 2.45. The standard InChI is InChI=1S/C9H15N4O8P/c10-4-1-11-7(12-4)8(17)13(22(18,19)20)9-6(16)5(15)3(2-14)21-9/h1,3,5-6,9,14-16H,2,10H2,(H,11,12)(H2,18,19,20)/t3-,5-,6-,9?/m1/s1. The molecule has 0 bridgehead atoms. The van der Waals surface area contributed by atoms with Crippen LogP contribution in [0.15, 0.2) is 6.20 Å². The number of ether oxygens (including phenoxy) is 1. The third kappa shape index (κ3) is 2.98. The van der Waals surface area contributed by atoms with E-state index in [1.807, 2.05) is 0 Å². The molecule has 0 saturated carbocycles. The molecule has 1 aliphatic rings. The fourth-order valence-corrected chi connectivity index (χ4v) is 2.84. The van der Waals surface area contributed by atoms with Crippen molar-refractivity contribution in [2.75, 3.05) is 12.3 Å². The summed E-state index contributed by atoms with van der Waals surface area (Å²) in [6.07, 6.45) is -5.57. The second-order valence-electron chi connectivity index (χ2n) is 4.58. The summed E-state index contributed by atoms with van der Waals surface area (Å²) < 4.78 is 16.5. The monoisotopic (exact) mass is 338 g/mol. The molecule has 0 aromatic carbocycles. The molecule has 0 radical (unpaired) electrons. The van der Waals surface area contributed by atoms with E-state index in [0.29, 0.717) is 0 Å². The quantitative estimate of drug-likeness (QED) is 0.277. The molecule has 1 aromatic rings. The molecule has 1 amide bonds. The summed E-state index contributed by atoms with van der Waals surface area (Å²) in [4.78, 5) is 36.7. The minimum Gasteiger partial charge on any atom is -0.394 e. The van der Waals surface area contributed by atoms with Crippen LogP contribution >= 0.6 is 7.75 Å². The minimum atomic E-state index is -5.23.